The van der Waals surface area contributed by atoms with Crippen LogP contribution in [0.4, 0.5) is 0 Å². The lowest BCUT2D eigenvalue weighted by molar-refractivity contribution is 0.241. The molecule has 0 N–H and O–H groups in total. The molecule has 1 aromatic carbocycles. The Bertz CT molecular complexity index is 1200. The Hall–Kier alpha value is -3.31. The third-order valence-corrected chi connectivity index (χ3v) is 5.59. The molecule has 0 unspecified atom stereocenters. The summed E-state index contributed by atoms with van der Waals surface area (Å²) in [6, 6.07) is 20.1. The number of rotatable bonds is 4. The first-order valence-electron chi connectivity index (χ1n) is 9.95. The predicted molar refractivity (Wildman–Crippen MR) is 114 cm³/mol. The van der Waals surface area contributed by atoms with E-state index in [1.165, 1.54) is 0 Å². The number of hydrogen-bond acceptors (Lipinski definition) is 4. The highest BCUT2D eigenvalue weighted by molar-refractivity contribution is 5.80. The van der Waals surface area contributed by atoms with Crippen LogP contribution in [0, 0.1) is 0 Å². The Morgan fingerprint density at radius 1 is 0.828 bits per heavy atom. The first kappa shape index (κ1) is 17.8. The van der Waals surface area contributed by atoms with Crippen LogP contribution in [0.1, 0.15) is 22.4 Å². The fourth-order valence-corrected chi connectivity index (χ4v) is 4.19. The van der Waals surface area contributed by atoms with Crippen molar-refractivity contribution < 1.29 is 0 Å². The normalized spacial score (nSPS) is 14.1. The van der Waals surface area contributed by atoms with Gasteiger partial charge in [-0.3, -0.25) is 19.2 Å². The van der Waals surface area contributed by atoms with Crippen molar-refractivity contribution in [2.24, 2.45) is 0 Å². The van der Waals surface area contributed by atoms with Crippen LogP contribution in [-0.2, 0) is 26.1 Å². The molecule has 1 aliphatic heterocycles. The maximum atomic E-state index is 13.5. The van der Waals surface area contributed by atoms with Gasteiger partial charge in [0.15, 0.2) is 0 Å². The van der Waals surface area contributed by atoms with Gasteiger partial charge in [-0.2, -0.15) is 0 Å². The van der Waals surface area contributed by atoms with Gasteiger partial charge in [0.25, 0.3) is 5.56 Å². The van der Waals surface area contributed by atoms with Gasteiger partial charge in [-0.25, -0.2) is 4.98 Å². The SMILES string of the molecule is O=c1c2c(c3cccnc3n1Cc1ccccc1)CCN(Cc1ccccn1)C2. The van der Waals surface area contributed by atoms with Crippen LogP contribution in [0.5, 0.6) is 0 Å². The third-order valence-electron chi connectivity index (χ3n) is 5.59. The van der Waals surface area contributed by atoms with Crippen molar-refractivity contribution in [1.82, 2.24) is 19.4 Å². The van der Waals surface area contributed by atoms with Crippen molar-refractivity contribution in [1.29, 1.82) is 0 Å². The Labute approximate surface area is 169 Å². The van der Waals surface area contributed by atoms with Crippen LogP contribution in [0.25, 0.3) is 11.0 Å². The topological polar surface area (TPSA) is 51.0 Å². The van der Waals surface area contributed by atoms with E-state index in [-0.39, 0.29) is 5.56 Å². The quantitative estimate of drug-likeness (QED) is 0.543. The van der Waals surface area contributed by atoms with Gasteiger partial charge in [0.2, 0.25) is 0 Å². The summed E-state index contributed by atoms with van der Waals surface area (Å²) in [7, 11) is 0. The number of hydrogen-bond donors (Lipinski definition) is 0. The summed E-state index contributed by atoms with van der Waals surface area (Å²) in [6.07, 6.45) is 4.44. The molecule has 29 heavy (non-hydrogen) atoms. The van der Waals surface area contributed by atoms with Crippen molar-refractivity contribution in [3.63, 3.8) is 0 Å². The zero-order valence-electron chi connectivity index (χ0n) is 16.2. The van der Waals surface area contributed by atoms with Gasteiger partial charge in [-0.05, 0) is 41.8 Å². The van der Waals surface area contributed by atoms with E-state index >= 15 is 0 Å². The molecular formula is C24H22N4O. The lowest BCUT2D eigenvalue weighted by atomic mass is 9.97. The second-order valence-electron chi connectivity index (χ2n) is 7.49. The van der Waals surface area contributed by atoms with Crippen molar-refractivity contribution >= 4 is 11.0 Å². The highest BCUT2D eigenvalue weighted by atomic mass is 16.1. The smallest absolute Gasteiger partial charge is 0.257 e. The van der Waals surface area contributed by atoms with E-state index in [2.05, 4.69) is 20.9 Å². The van der Waals surface area contributed by atoms with Gasteiger partial charge in [-0.1, -0.05) is 36.4 Å². The van der Waals surface area contributed by atoms with Gasteiger partial charge in [0.05, 0.1) is 12.2 Å². The van der Waals surface area contributed by atoms with Gasteiger partial charge >= 0.3 is 0 Å². The van der Waals surface area contributed by atoms with Crippen LogP contribution in [0.3, 0.4) is 0 Å². The van der Waals surface area contributed by atoms with E-state index in [9.17, 15) is 4.79 Å². The first-order valence-corrected chi connectivity index (χ1v) is 9.95. The first-order chi connectivity index (χ1) is 14.3. The highest BCUT2D eigenvalue weighted by Gasteiger charge is 2.24. The highest BCUT2D eigenvalue weighted by Crippen LogP contribution is 2.25. The average Bonchev–Trinajstić information content (AvgIpc) is 2.78. The van der Waals surface area contributed by atoms with E-state index < -0.39 is 0 Å². The molecule has 3 aromatic heterocycles. The minimum Gasteiger partial charge on any atom is -0.293 e. The zero-order chi connectivity index (χ0) is 19.6. The summed E-state index contributed by atoms with van der Waals surface area (Å²) in [5.41, 5.74) is 5.02. The second kappa shape index (κ2) is 7.60. The summed E-state index contributed by atoms with van der Waals surface area (Å²) in [5, 5.41) is 1.09. The monoisotopic (exact) mass is 382 g/mol. The molecule has 0 amide bonds. The number of nitrogens with zero attached hydrogens (tertiary/aromatic N) is 4. The average molecular weight is 382 g/mol. The molecule has 0 aliphatic carbocycles. The van der Waals surface area contributed by atoms with Gasteiger partial charge in [0.1, 0.15) is 5.65 Å². The molecule has 0 atom stereocenters. The van der Waals surface area contributed by atoms with Gasteiger partial charge < -0.3 is 0 Å². The molecule has 0 radical (unpaired) electrons. The van der Waals surface area contributed by atoms with E-state index in [0.29, 0.717) is 13.1 Å². The molecule has 4 aromatic rings. The maximum Gasteiger partial charge on any atom is 0.257 e. The largest absolute Gasteiger partial charge is 0.293 e. The number of aromatic nitrogens is 3. The summed E-state index contributed by atoms with van der Waals surface area (Å²) in [6.45, 7) is 2.84. The Morgan fingerprint density at radius 3 is 2.48 bits per heavy atom. The lowest BCUT2D eigenvalue weighted by Crippen LogP contribution is -2.37. The summed E-state index contributed by atoms with van der Waals surface area (Å²) in [4.78, 5) is 24.8. The predicted octanol–water partition coefficient (Wildman–Crippen LogP) is 3.40. The fraction of sp³-hybridized carbons (Fsp3) is 0.208. The van der Waals surface area contributed by atoms with Gasteiger partial charge in [-0.15, -0.1) is 0 Å². The van der Waals surface area contributed by atoms with E-state index in [4.69, 9.17) is 0 Å². The third kappa shape index (κ3) is 3.45. The summed E-state index contributed by atoms with van der Waals surface area (Å²) < 4.78 is 1.83. The van der Waals surface area contributed by atoms with Crippen LogP contribution in [0.15, 0.2) is 77.9 Å². The van der Waals surface area contributed by atoms with E-state index in [0.717, 1.165) is 52.9 Å². The number of benzene rings is 1. The van der Waals surface area contributed by atoms with Crippen LogP contribution in [-0.4, -0.2) is 26.0 Å². The Morgan fingerprint density at radius 2 is 1.66 bits per heavy atom. The zero-order valence-corrected chi connectivity index (χ0v) is 16.2. The van der Waals surface area contributed by atoms with Crippen molar-refractivity contribution in [3.8, 4) is 0 Å². The minimum absolute atomic E-state index is 0.0702. The molecule has 1 aliphatic rings. The molecule has 0 saturated carbocycles. The van der Waals surface area contributed by atoms with Crippen LogP contribution >= 0.6 is 0 Å². The molecule has 144 valence electrons. The molecule has 5 nitrogen and oxygen atoms in total. The van der Waals surface area contributed by atoms with E-state index in [1.54, 1.807) is 6.20 Å². The Balaban J connectivity index is 1.57. The van der Waals surface area contributed by atoms with Crippen LogP contribution in [0.2, 0.25) is 0 Å². The molecule has 0 spiro atoms. The lowest BCUT2D eigenvalue weighted by Gasteiger charge is -2.29. The second-order valence-corrected chi connectivity index (χ2v) is 7.49. The van der Waals surface area contributed by atoms with Crippen molar-refractivity contribution in [2.75, 3.05) is 6.54 Å². The molecule has 5 rings (SSSR count). The van der Waals surface area contributed by atoms with E-state index in [1.807, 2.05) is 65.4 Å². The molecular weight excluding hydrogens is 360 g/mol. The molecule has 5 heteroatoms. The summed E-state index contributed by atoms with van der Waals surface area (Å²) >= 11 is 0. The molecule has 4 heterocycles. The van der Waals surface area contributed by atoms with Crippen molar-refractivity contribution in [2.45, 2.75) is 26.1 Å². The molecule has 0 saturated heterocycles. The number of fused-ring (bicyclic) bond motifs is 3. The van der Waals surface area contributed by atoms with Crippen molar-refractivity contribution in [3.05, 3.63) is 106 Å². The van der Waals surface area contributed by atoms with Gasteiger partial charge in [0, 0.05) is 43.0 Å². The number of pyridine rings is 3. The standard InChI is InChI=1S/C24H22N4O/c29-24-22-17-27(16-19-9-4-5-12-25-19)14-11-20(22)21-10-6-13-26-23(21)28(24)15-18-7-2-1-3-8-18/h1-10,12-13H,11,14-17H2. The fourth-order valence-electron chi connectivity index (χ4n) is 4.19. The summed E-state index contributed by atoms with van der Waals surface area (Å²) in [5.74, 6) is 0. The maximum absolute atomic E-state index is 13.5. The molecule has 0 bridgehead atoms. The minimum atomic E-state index is 0.0702. The Kier molecular flexibility index (Phi) is 4.66. The molecule has 0 fully saturated rings. The van der Waals surface area contributed by atoms with Crippen LogP contribution < -0.4 is 5.56 Å².